The molecule has 0 amide bonds. The largest absolute Gasteiger partial charge is 0.496 e. The van der Waals surface area contributed by atoms with Crippen molar-refractivity contribution in [1.29, 1.82) is 0 Å². The standard InChI is InChI=1S/C36H46O8/c1-9-11-17-43-31-19-26(14-16-30-35(41-7)23-28(38-4)24-36(30)42-8)32(44-18-12-10-2)20-25(31)13-15-29-33(39-5)21-27(37-3)22-34(29)40-6/h13-16,19-24H,9-12,17-18H2,1-8H3/b15-13+,16-14+. The van der Waals surface area contributed by atoms with Crippen molar-refractivity contribution >= 4 is 24.3 Å². The molecule has 0 saturated heterocycles. The number of unbranched alkanes of at least 4 members (excludes halogenated alkanes) is 2. The lowest BCUT2D eigenvalue weighted by Crippen LogP contribution is -2.02. The van der Waals surface area contributed by atoms with Crippen LogP contribution in [0.4, 0.5) is 0 Å². The molecule has 0 radical (unpaired) electrons. The van der Waals surface area contributed by atoms with Crippen LogP contribution in [0.3, 0.4) is 0 Å². The molecule has 0 unspecified atom stereocenters. The first kappa shape index (κ1) is 34.0. The number of rotatable bonds is 18. The van der Waals surface area contributed by atoms with E-state index in [0.717, 1.165) is 59.4 Å². The smallest absolute Gasteiger partial charge is 0.133 e. The number of hydrogen-bond acceptors (Lipinski definition) is 8. The molecule has 0 aliphatic carbocycles. The van der Waals surface area contributed by atoms with Crippen molar-refractivity contribution < 1.29 is 37.9 Å². The Morgan fingerprint density at radius 2 is 0.773 bits per heavy atom. The molecule has 44 heavy (non-hydrogen) atoms. The molecule has 0 heterocycles. The second kappa shape index (κ2) is 17.6. The van der Waals surface area contributed by atoms with Crippen molar-refractivity contribution in [3.05, 3.63) is 58.7 Å². The highest BCUT2D eigenvalue weighted by atomic mass is 16.5. The van der Waals surface area contributed by atoms with Gasteiger partial charge in [0.1, 0.15) is 46.0 Å². The Morgan fingerprint density at radius 1 is 0.432 bits per heavy atom. The summed E-state index contributed by atoms with van der Waals surface area (Å²) in [7, 11) is 9.72. The van der Waals surface area contributed by atoms with E-state index in [-0.39, 0.29) is 0 Å². The Labute approximate surface area is 262 Å². The topological polar surface area (TPSA) is 73.8 Å². The summed E-state index contributed by atoms with van der Waals surface area (Å²) in [6, 6.07) is 11.3. The van der Waals surface area contributed by atoms with Crippen molar-refractivity contribution in [2.24, 2.45) is 0 Å². The lowest BCUT2D eigenvalue weighted by molar-refractivity contribution is 0.300. The van der Waals surface area contributed by atoms with Gasteiger partial charge in [-0.2, -0.15) is 0 Å². The normalized spacial score (nSPS) is 11.1. The quantitative estimate of drug-likeness (QED) is 0.106. The molecule has 0 spiro atoms. The molecular formula is C36H46O8. The third kappa shape index (κ3) is 8.78. The molecule has 3 aromatic carbocycles. The van der Waals surface area contributed by atoms with Gasteiger partial charge in [-0.15, -0.1) is 0 Å². The van der Waals surface area contributed by atoms with Gasteiger partial charge in [-0.1, -0.05) is 38.8 Å². The van der Waals surface area contributed by atoms with Gasteiger partial charge in [0.25, 0.3) is 0 Å². The molecule has 0 aliphatic rings. The van der Waals surface area contributed by atoms with E-state index in [4.69, 9.17) is 37.9 Å². The maximum absolute atomic E-state index is 6.32. The Kier molecular flexibility index (Phi) is 13.6. The molecule has 0 bridgehead atoms. The van der Waals surface area contributed by atoms with E-state index in [1.165, 1.54) is 0 Å². The fourth-order valence-corrected chi connectivity index (χ4v) is 4.49. The maximum atomic E-state index is 6.32. The first-order valence-corrected chi connectivity index (χ1v) is 14.9. The second-order valence-electron chi connectivity index (χ2n) is 9.89. The van der Waals surface area contributed by atoms with Crippen LogP contribution in [-0.4, -0.2) is 55.9 Å². The van der Waals surface area contributed by atoms with Crippen LogP contribution in [0.15, 0.2) is 36.4 Å². The number of hydrogen-bond donors (Lipinski definition) is 0. The van der Waals surface area contributed by atoms with Gasteiger partial charge in [-0.05, 0) is 37.1 Å². The predicted octanol–water partition coefficient (Wildman–Crippen LogP) is 8.44. The van der Waals surface area contributed by atoms with Crippen molar-refractivity contribution in [3.63, 3.8) is 0 Å². The number of ether oxygens (including phenoxy) is 8. The molecule has 8 nitrogen and oxygen atoms in total. The van der Waals surface area contributed by atoms with E-state index in [9.17, 15) is 0 Å². The van der Waals surface area contributed by atoms with E-state index in [1.54, 1.807) is 42.7 Å². The molecule has 3 rings (SSSR count). The molecule has 0 saturated carbocycles. The number of benzene rings is 3. The van der Waals surface area contributed by atoms with Crippen molar-refractivity contribution in [2.45, 2.75) is 39.5 Å². The van der Waals surface area contributed by atoms with Crippen LogP contribution >= 0.6 is 0 Å². The predicted molar refractivity (Wildman–Crippen MR) is 177 cm³/mol. The summed E-state index contributed by atoms with van der Waals surface area (Å²) >= 11 is 0. The van der Waals surface area contributed by atoms with E-state index < -0.39 is 0 Å². The van der Waals surface area contributed by atoms with Crippen LogP contribution in [0.5, 0.6) is 46.0 Å². The average Bonchev–Trinajstić information content (AvgIpc) is 3.06. The average molecular weight is 607 g/mol. The number of methoxy groups -OCH3 is 6. The second-order valence-corrected chi connectivity index (χ2v) is 9.89. The maximum Gasteiger partial charge on any atom is 0.133 e. The molecule has 0 fully saturated rings. The van der Waals surface area contributed by atoms with E-state index >= 15 is 0 Å². The lowest BCUT2D eigenvalue weighted by Gasteiger charge is -2.16. The van der Waals surface area contributed by atoms with Crippen molar-refractivity contribution in [3.8, 4) is 46.0 Å². The van der Waals surface area contributed by atoms with Gasteiger partial charge in [-0.25, -0.2) is 0 Å². The van der Waals surface area contributed by atoms with Gasteiger partial charge in [0.2, 0.25) is 0 Å². The molecule has 8 heteroatoms. The summed E-state index contributed by atoms with van der Waals surface area (Å²) in [5.74, 6) is 5.29. The van der Waals surface area contributed by atoms with Crippen LogP contribution < -0.4 is 37.9 Å². The van der Waals surface area contributed by atoms with Crippen LogP contribution in [-0.2, 0) is 0 Å². The van der Waals surface area contributed by atoms with Crippen molar-refractivity contribution in [2.75, 3.05) is 55.9 Å². The van der Waals surface area contributed by atoms with E-state index in [2.05, 4.69) is 13.8 Å². The van der Waals surface area contributed by atoms with E-state index in [1.807, 2.05) is 60.7 Å². The summed E-state index contributed by atoms with van der Waals surface area (Å²) in [5.41, 5.74) is 3.30. The van der Waals surface area contributed by atoms with Crippen LogP contribution in [0.2, 0.25) is 0 Å². The van der Waals surface area contributed by atoms with Gasteiger partial charge >= 0.3 is 0 Å². The molecule has 0 N–H and O–H groups in total. The van der Waals surface area contributed by atoms with Gasteiger partial charge in [0, 0.05) is 35.4 Å². The monoisotopic (exact) mass is 606 g/mol. The Hall–Kier alpha value is -4.46. The minimum Gasteiger partial charge on any atom is -0.496 e. The zero-order valence-corrected chi connectivity index (χ0v) is 27.3. The molecular weight excluding hydrogens is 560 g/mol. The van der Waals surface area contributed by atoms with E-state index in [0.29, 0.717) is 47.7 Å². The minimum atomic E-state index is 0.589. The molecule has 0 atom stereocenters. The SMILES string of the molecule is CCCCOc1cc(/C=C/c2c(OC)cc(OC)cc2OC)c(OCCCC)cc1/C=C/c1c(OC)cc(OC)cc1OC. The van der Waals surface area contributed by atoms with Crippen LogP contribution in [0.1, 0.15) is 61.8 Å². The van der Waals surface area contributed by atoms with Crippen LogP contribution in [0.25, 0.3) is 24.3 Å². The Balaban J connectivity index is 2.16. The highest BCUT2D eigenvalue weighted by Crippen LogP contribution is 2.39. The van der Waals surface area contributed by atoms with Gasteiger partial charge in [-0.3, -0.25) is 0 Å². The summed E-state index contributed by atoms with van der Waals surface area (Å²) in [5, 5.41) is 0. The molecule has 0 aromatic heterocycles. The fraction of sp³-hybridized carbons (Fsp3) is 0.389. The van der Waals surface area contributed by atoms with Crippen molar-refractivity contribution in [1.82, 2.24) is 0 Å². The summed E-state index contributed by atoms with van der Waals surface area (Å²) in [6.07, 6.45) is 11.8. The first-order chi connectivity index (χ1) is 21.5. The highest BCUT2D eigenvalue weighted by molar-refractivity contribution is 5.83. The summed E-state index contributed by atoms with van der Waals surface area (Å²) in [6.45, 7) is 5.46. The highest BCUT2D eigenvalue weighted by Gasteiger charge is 2.15. The minimum absolute atomic E-state index is 0.589. The third-order valence-corrected chi connectivity index (χ3v) is 7.02. The first-order valence-electron chi connectivity index (χ1n) is 14.9. The Bertz CT molecular complexity index is 1250. The van der Waals surface area contributed by atoms with Gasteiger partial charge < -0.3 is 37.9 Å². The van der Waals surface area contributed by atoms with Crippen LogP contribution in [0, 0.1) is 0 Å². The molecule has 0 aliphatic heterocycles. The lowest BCUT2D eigenvalue weighted by atomic mass is 10.0. The Morgan fingerprint density at radius 3 is 1.05 bits per heavy atom. The summed E-state index contributed by atoms with van der Waals surface area (Å²) in [4.78, 5) is 0. The third-order valence-electron chi connectivity index (χ3n) is 7.02. The zero-order valence-electron chi connectivity index (χ0n) is 27.3. The molecule has 3 aromatic rings. The molecule has 238 valence electrons. The zero-order chi connectivity index (χ0) is 31.9. The fourth-order valence-electron chi connectivity index (χ4n) is 4.49. The van der Waals surface area contributed by atoms with Gasteiger partial charge in [0.15, 0.2) is 0 Å². The summed E-state index contributed by atoms with van der Waals surface area (Å²) < 4.78 is 46.1. The van der Waals surface area contributed by atoms with Gasteiger partial charge in [0.05, 0.1) is 67.0 Å².